The van der Waals surface area contributed by atoms with Gasteiger partial charge in [0.2, 0.25) is 5.95 Å². The summed E-state index contributed by atoms with van der Waals surface area (Å²) in [5.41, 5.74) is 3.67. The van der Waals surface area contributed by atoms with Gasteiger partial charge in [-0.25, -0.2) is 13.9 Å². The first-order chi connectivity index (χ1) is 17.2. The molecule has 1 aliphatic rings. The van der Waals surface area contributed by atoms with Crippen LogP contribution < -0.4 is 14.9 Å². The first-order valence-corrected chi connectivity index (χ1v) is 13.8. The third kappa shape index (κ3) is 6.35. The molecule has 2 aromatic carbocycles. The van der Waals surface area contributed by atoms with Gasteiger partial charge < -0.3 is 14.8 Å². The van der Waals surface area contributed by atoms with Crippen molar-refractivity contribution in [3.63, 3.8) is 0 Å². The smallest absolute Gasteiger partial charge is 0.370 e. The molecule has 2 heterocycles. The highest BCUT2D eigenvalue weighted by atomic mass is 35.5. The molecule has 37 heavy (non-hydrogen) atoms. The van der Waals surface area contributed by atoms with E-state index in [9.17, 15) is 17.4 Å². The van der Waals surface area contributed by atoms with Crippen LogP contribution in [0.15, 0.2) is 30.3 Å². The van der Waals surface area contributed by atoms with Crippen molar-refractivity contribution in [2.75, 3.05) is 23.3 Å². The Morgan fingerprint density at radius 1 is 1.08 bits per heavy atom. The van der Waals surface area contributed by atoms with Crippen molar-refractivity contribution in [3.8, 4) is 0 Å². The minimum absolute atomic E-state index is 0.0447. The fourth-order valence-corrected chi connectivity index (χ4v) is 5.44. The van der Waals surface area contributed by atoms with E-state index in [-0.39, 0.29) is 30.7 Å². The summed E-state index contributed by atoms with van der Waals surface area (Å²) < 4.78 is 56.1. The molecule has 1 saturated heterocycles. The monoisotopic (exact) mass is 575 g/mol. The lowest BCUT2D eigenvalue weighted by Crippen LogP contribution is -2.39. The van der Waals surface area contributed by atoms with E-state index in [2.05, 4.69) is 15.0 Å². The molecule has 202 valence electrons. The van der Waals surface area contributed by atoms with Crippen molar-refractivity contribution in [3.05, 3.63) is 45.9 Å². The third-order valence-corrected chi connectivity index (χ3v) is 8.64. The summed E-state index contributed by atoms with van der Waals surface area (Å²) in [7, 11) is 0.637. The summed E-state index contributed by atoms with van der Waals surface area (Å²) in [6, 6.07) is 9.11. The van der Waals surface area contributed by atoms with Crippen LogP contribution in [-0.4, -0.2) is 37.8 Å². The van der Waals surface area contributed by atoms with Crippen LogP contribution >= 0.6 is 23.2 Å². The topological polar surface area (TPSA) is 62.2 Å². The van der Waals surface area contributed by atoms with Crippen molar-refractivity contribution in [1.29, 1.82) is 0 Å². The third-order valence-electron chi connectivity index (χ3n) is 6.49. The molecule has 1 aliphatic heterocycles. The molecule has 0 unspecified atom stereocenters. The molecule has 0 radical (unpaired) electrons. The molecule has 0 amide bonds. The molecule has 3 aromatic rings. The number of anilines is 3. The second-order valence-electron chi connectivity index (χ2n) is 10.2. The Labute approximate surface area is 227 Å². The summed E-state index contributed by atoms with van der Waals surface area (Å²) in [5, 5.41) is 4.21. The summed E-state index contributed by atoms with van der Waals surface area (Å²) in [6.07, 6.45) is -4.08. The number of hydrogen-bond acceptors (Lipinski definition) is 4. The molecular formula is C25H30Cl2F3N5OS. The van der Waals surface area contributed by atoms with Gasteiger partial charge in [-0.2, -0.15) is 13.2 Å². The zero-order valence-electron chi connectivity index (χ0n) is 21.0. The Bertz CT molecular complexity index is 1310. The van der Waals surface area contributed by atoms with Crippen molar-refractivity contribution in [2.24, 2.45) is 13.0 Å². The zero-order chi connectivity index (χ0) is 27.1. The quantitative estimate of drug-likeness (QED) is 0.333. The number of benzene rings is 2. The van der Waals surface area contributed by atoms with Gasteiger partial charge in [0, 0.05) is 26.7 Å². The van der Waals surface area contributed by atoms with Gasteiger partial charge in [0.15, 0.2) is 0 Å². The SMILES string of the molecule is Cn1c(Nc2cc(CN[S@](=O)C(C)(C)C)ccc2Cl)nc2cc(Cl)c(N3CCC(C(F)(F)F)CC3)cc21. The van der Waals surface area contributed by atoms with Gasteiger partial charge in [-0.1, -0.05) is 29.3 Å². The number of halogens is 5. The molecule has 0 bridgehead atoms. The minimum Gasteiger partial charge on any atom is -0.370 e. The Morgan fingerprint density at radius 3 is 2.38 bits per heavy atom. The average molecular weight is 577 g/mol. The lowest BCUT2D eigenvalue weighted by molar-refractivity contribution is -0.179. The van der Waals surface area contributed by atoms with Crippen molar-refractivity contribution < 1.29 is 17.4 Å². The number of imidazole rings is 1. The van der Waals surface area contributed by atoms with Gasteiger partial charge in [0.1, 0.15) is 0 Å². The predicted octanol–water partition coefficient (Wildman–Crippen LogP) is 6.95. The van der Waals surface area contributed by atoms with Gasteiger partial charge >= 0.3 is 6.18 Å². The summed E-state index contributed by atoms with van der Waals surface area (Å²) in [5.74, 6) is -0.743. The van der Waals surface area contributed by atoms with E-state index < -0.39 is 23.1 Å². The van der Waals surface area contributed by atoms with E-state index in [4.69, 9.17) is 23.2 Å². The summed E-state index contributed by atoms with van der Waals surface area (Å²) >= 11 is 13.0. The Hall–Kier alpha value is -2.01. The minimum atomic E-state index is -4.17. The highest BCUT2D eigenvalue weighted by Crippen LogP contribution is 2.39. The molecule has 0 saturated carbocycles. The maximum Gasteiger partial charge on any atom is 0.391 e. The highest BCUT2D eigenvalue weighted by Gasteiger charge is 2.41. The Balaban J connectivity index is 1.54. The van der Waals surface area contributed by atoms with Gasteiger partial charge in [-0.15, -0.1) is 0 Å². The van der Waals surface area contributed by atoms with E-state index >= 15 is 0 Å². The van der Waals surface area contributed by atoms with Gasteiger partial charge in [0.25, 0.3) is 0 Å². The summed E-state index contributed by atoms with van der Waals surface area (Å²) in [4.78, 5) is 6.56. The molecule has 0 spiro atoms. The van der Waals surface area contributed by atoms with E-state index in [0.717, 1.165) is 11.1 Å². The number of nitrogens with one attached hydrogen (secondary N) is 2. The normalized spacial score (nSPS) is 16.4. The molecule has 4 rings (SSSR count). The predicted molar refractivity (Wildman–Crippen MR) is 146 cm³/mol. The number of piperidine rings is 1. The molecule has 12 heteroatoms. The van der Waals surface area contributed by atoms with Crippen LogP contribution in [0.1, 0.15) is 39.2 Å². The molecule has 6 nitrogen and oxygen atoms in total. The number of hydrogen-bond donors (Lipinski definition) is 2. The zero-order valence-corrected chi connectivity index (χ0v) is 23.4. The lowest BCUT2D eigenvalue weighted by Gasteiger charge is -2.34. The number of aryl methyl sites for hydroxylation is 1. The van der Waals surface area contributed by atoms with Crippen LogP contribution in [0, 0.1) is 5.92 Å². The standard InChI is InChI=1S/C25H30Cl2F3N5OS/c1-24(2,3)37(36)31-14-15-5-6-17(26)19(11-15)32-23-33-20-12-18(27)21(13-22(20)34(23)4)35-9-7-16(8-10-35)25(28,29)30/h5-6,11-13,16,31H,7-10,14H2,1-4H3,(H,32,33)/t37-/m1/s1. The second kappa shape index (κ2) is 10.6. The van der Waals surface area contributed by atoms with Crippen LogP contribution in [-0.2, 0) is 24.6 Å². The second-order valence-corrected chi connectivity index (χ2v) is 13.1. The number of aromatic nitrogens is 2. The lowest BCUT2D eigenvalue weighted by atomic mass is 9.96. The fraction of sp³-hybridized carbons (Fsp3) is 0.480. The molecule has 1 fully saturated rings. The van der Waals surface area contributed by atoms with Crippen LogP contribution in [0.5, 0.6) is 0 Å². The van der Waals surface area contributed by atoms with E-state index in [1.807, 2.05) is 55.5 Å². The molecule has 0 aliphatic carbocycles. The first kappa shape index (κ1) is 28.0. The number of rotatable bonds is 6. The van der Waals surface area contributed by atoms with Crippen molar-refractivity contribution in [1.82, 2.24) is 14.3 Å². The van der Waals surface area contributed by atoms with Crippen LogP contribution in [0.2, 0.25) is 10.0 Å². The highest BCUT2D eigenvalue weighted by molar-refractivity contribution is 7.84. The van der Waals surface area contributed by atoms with Crippen molar-refractivity contribution >= 4 is 62.5 Å². The maximum absolute atomic E-state index is 13.1. The van der Waals surface area contributed by atoms with Gasteiger partial charge in [0.05, 0.1) is 54.1 Å². The van der Waals surface area contributed by atoms with Gasteiger partial charge in [-0.05, 0) is 63.4 Å². The Morgan fingerprint density at radius 2 is 1.76 bits per heavy atom. The van der Waals surface area contributed by atoms with Crippen LogP contribution in [0.4, 0.5) is 30.5 Å². The van der Waals surface area contributed by atoms with Crippen LogP contribution in [0.3, 0.4) is 0 Å². The van der Waals surface area contributed by atoms with E-state index in [0.29, 0.717) is 39.4 Å². The van der Waals surface area contributed by atoms with Crippen molar-refractivity contribution in [2.45, 2.75) is 51.1 Å². The number of alkyl halides is 3. The van der Waals surface area contributed by atoms with Crippen LogP contribution in [0.25, 0.3) is 11.0 Å². The first-order valence-electron chi connectivity index (χ1n) is 11.9. The summed E-state index contributed by atoms with van der Waals surface area (Å²) in [6.45, 7) is 6.68. The Kier molecular flexibility index (Phi) is 8.05. The largest absolute Gasteiger partial charge is 0.391 e. The van der Waals surface area contributed by atoms with Gasteiger partial charge in [-0.3, -0.25) is 0 Å². The van der Waals surface area contributed by atoms with E-state index in [1.54, 1.807) is 12.1 Å². The molecular weight excluding hydrogens is 546 g/mol. The van der Waals surface area contributed by atoms with E-state index in [1.165, 1.54) is 0 Å². The molecule has 2 N–H and O–H groups in total. The molecule has 1 atom stereocenters. The average Bonchev–Trinajstić information content (AvgIpc) is 3.11. The number of fused-ring (bicyclic) bond motifs is 1. The molecule has 1 aromatic heterocycles. The number of nitrogens with zero attached hydrogens (tertiary/aromatic N) is 3. The maximum atomic E-state index is 13.1. The fourth-order valence-electron chi connectivity index (χ4n) is 4.27.